The van der Waals surface area contributed by atoms with Crippen LogP contribution in [0.5, 0.6) is 5.75 Å². The largest absolute Gasteiger partial charge is 0.497 e. The van der Waals surface area contributed by atoms with Crippen LogP contribution in [0.1, 0.15) is 36.6 Å². The highest BCUT2D eigenvalue weighted by Gasteiger charge is 2.12. The number of halogens is 2. The molecule has 4 nitrogen and oxygen atoms in total. The maximum atomic E-state index is 13.5. The lowest BCUT2D eigenvalue weighted by atomic mass is 10.1. The molecule has 0 fully saturated rings. The predicted molar refractivity (Wildman–Crippen MR) is 109 cm³/mol. The fourth-order valence-electron chi connectivity index (χ4n) is 3.52. The molecule has 1 heterocycles. The van der Waals surface area contributed by atoms with E-state index in [-0.39, 0.29) is 12.2 Å². The molecule has 6 heteroatoms. The molecule has 3 aromatic rings. The fourth-order valence-corrected chi connectivity index (χ4v) is 3.52. The number of nitrogens with zero attached hydrogens (tertiary/aromatic N) is 2. The van der Waals surface area contributed by atoms with Gasteiger partial charge in [-0.25, -0.2) is 13.6 Å². The first-order valence-corrected chi connectivity index (χ1v) is 9.87. The van der Waals surface area contributed by atoms with E-state index < -0.39 is 11.6 Å². The molecule has 1 aromatic heterocycles. The molecule has 29 heavy (non-hydrogen) atoms. The van der Waals surface area contributed by atoms with Crippen LogP contribution in [0.3, 0.4) is 0 Å². The van der Waals surface area contributed by atoms with Crippen LogP contribution in [0.25, 0.3) is 0 Å². The van der Waals surface area contributed by atoms with E-state index in [1.54, 1.807) is 11.7 Å². The lowest BCUT2D eigenvalue weighted by Gasteiger charge is -2.06. The molecule has 0 unspecified atom stereocenters. The van der Waals surface area contributed by atoms with Crippen LogP contribution < -0.4 is 10.4 Å². The van der Waals surface area contributed by atoms with Gasteiger partial charge in [-0.05, 0) is 61.1 Å². The van der Waals surface area contributed by atoms with Crippen molar-refractivity contribution in [2.75, 3.05) is 7.11 Å². The molecular weight excluding hydrogens is 374 g/mol. The number of ether oxygens (including phenoxy) is 1. The van der Waals surface area contributed by atoms with Gasteiger partial charge in [0, 0.05) is 24.5 Å². The van der Waals surface area contributed by atoms with Crippen LogP contribution in [0.15, 0.2) is 53.5 Å². The minimum absolute atomic E-state index is 0.143. The van der Waals surface area contributed by atoms with Crippen molar-refractivity contribution in [1.82, 2.24) is 9.13 Å². The summed E-state index contributed by atoms with van der Waals surface area (Å²) in [4.78, 5) is 12.8. The standard InChI is InChI=1S/C23H26F2N2O2/c1-3-11-27-21(6-4-5-17-7-9-22(29-2)10-8-17)16-26(23(27)28)15-18-12-19(24)14-20(25)13-18/h7-10,12-14,16H,3-6,11,15H2,1-2H3. The Kier molecular flexibility index (Phi) is 6.86. The second-order valence-electron chi connectivity index (χ2n) is 7.16. The van der Waals surface area contributed by atoms with Crippen LogP contribution in [0, 0.1) is 11.6 Å². The second-order valence-corrected chi connectivity index (χ2v) is 7.16. The summed E-state index contributed by atoms with van der Waals surface area (Å²) in [5, 5.41) is 0. The third kappa shape index (κ3) is 5.34. The highest BCUT2D eigenvalue weighted by atomic mass is 19.1. The van der Waals surface area contributed by atoms with Crippen LogP contribution in [0.4, 0.5) is 8.78 Å². The van der Waals surface area contributed by atoms with Crippen molar-refractivity contribution in [3.05, 3.63) is 87.6 Å². The molecule has 0 amide bonds. The molecular formula is C23H26F2N2O2. The Morgan fingerprint density at radius 2 is 1.66 bits per heavy atom. The van der Waals surface area contributed by atoms with Crippen LogP contribution >= 0.6 is 0 Å². The van der Waals surface area contributed by atoms with Crippen LogP contribution in [-0.2, 0) is 25.9 Å². The van der Waals surface area contributed by atoms with Crippen molar-refractivity contribution in [1.29, 1.82) is 0 Å². The van der Waals surface area contributed by atoms with Gasteiger partial charge in [-0.15, -0.1) is 0 Å². The molecule has 0 bridgehead atoms. The Hall–Kier alpha value is -2.89. The van der Waals surface area contributed by atoms with Crippen molar-refractivity contribution in [3.63, 3.8) is 0 Å². The maximum Gasteiger partial charge on any atom is 0.328 e. The number of rotatable bonds is 9. The first kappa shape index (κ1) is 20.8. The van der Waals surface area contributed by atoms with Gasteiger partial charge in [0.25, 0.3) is 0 Å². The average molecular weight is 400 g/mol. The fraction of sp³-hybridized carbons (Fsp3) is 0.348. The average Bonchev–Trinajstić information content (AvgIpc) is 2.97. The molecule has 0 aliphatic heterocycles. The van der Waals surface area contributed by atoms with Gasteiger partial charge in [-0.3, -0.25) is 9.13 Å². The van der Waals surface area contributed by atoms with Crippen molar-refractivity contribution < 1.29 is 13.5 Å². The summed E-state index contributed by atoms with van der Waals surface area (Å²) in [6.45, 7) is 2.80. The third-order valence-electron chi connectivity index (χ3n) is 4.91. The molecule has 0 saturated heterocycles. The Bertz CT molecular complexity index is 986. The summed E-state index contributed by atoms with van der Waals surface area (Å²) in [5.74, 6) is -0.446. The van der Waals surface area contributed by atoms with Gasteiger partial charge in [0.05, 0.1) is 13.7 Å². The summed E-state index contributed by atoms with van der Waals surface area (Å²) in [6.07, 6.45) is 5.20. The Labute approximate surface area is 169 Å². The van der Waals surface area contributed by atoms with E-state index in [1.807, 2.05) is 37.4 Å². The van der Waals surface area contributed by atoms with Gasteiger partial charge in [-0.1, -0.05) is 19.1 Å². The van der Waals surface area contributed by atoms with Gasteiger partial charge >= 0.3 is 5.69 Å². The Morgan fingerprint density at radius 1 is 0.966 bits per heavy atom. The molecule has 0 aliphatic carbocycles. The van der Waals surface area contributed by atoms with Gasteiger partial charge in [-0.2, -0.15) is 0 Å². The van der Waals surface area contributed by atoms with E-state index in [4.69, 9.17) is 4.74 Å². The summed E-state index contributed by atoms with van der Waals surface area (Å²) in [5.41, 5.74) is 2.45. The van der Waals surface area contributed by atoms with Gasteiger partial charge in [0.1, 0.15) is 17.4 Å². The Balaban J connectivity index is 1.73. The second kappa shape index (κ2) is 9.54. The summed E-state index contributed by atoms with van der Waals surface area (Å²) < 4.78 is 35.4. The van der Waals surface area contributed by atoms with Gasteiger partial charge < -0.3 is 4.74 Å². The van der Waals surface area contributed by atoms with E-state index >= 15 is 0 Å². The van der Waals surface area contributed by atoms with Gasteiger partial charge in [0.2, 0.25) is 0 Å². The molecule has 0 atom stereocenters. The Morgan fingerprint density at radius 3 is 2.28 bits per heavy atom. The number of aryl methyl sites for hydroxylation is 2. The zero-order chi connectivity index (χ0) is 20.8. The lowest BCUT2D eigenvalue weighted by molar-refractivity contribution is 0.414. The number of hydrogen-bond donors (Lipinski definition) is 0. The number of methoxy groups -OCH3 is 1. The molecule has 0 aliphatic rings. The van der Waals surface area contributed by atoms with Gasteiger partial charge in [0.15, 0.2) is 0 Å². The zero-order valence-corrected chi connectivity index (χ0v) is 16.8. The number of benzene rings is 2. The quantitative estimate of drug-likeness (QED) is 0.528. The van der Waals surface area contributed by atoms with E-state index in [9.17, 15) is 13.6 Å². The van der Waals surface area contributed by atoms with Crippen LogP contribution in [-0.4, -0.2) is 16.2 Å². The number of imidazole rings is 1. The summed E-state index contributed by atoms with van der Waals surface area (Å²) >= 11 is 0. The number of aromatic nitrogens is 2. The zero-order valence-electron chi connectivity index (χ0n) is 16.8. The van der Waals surface area contributed by atoms with E-state index in [1.165, 1.54) is 22.3 Å². The van der Waals surface area contributed by atoms with Crippen molar-refractivity contribution in [2.45, 2.75) is 45.7 Å². The van der Waals surface area contributed by atoms with E-state index in [2.05, 4.69) is 0 Å². The SMILES string of the molecule is CCCn1c(CCCc2ccc(OC)cc2)cn(Cc2cc(F)cc(F)c2)c1=O. The summed E-state index contributed by atoms with van der Waals surface area (Å²) in [6, 6.07) is 11.3. The minimum Gasteiger partial charge on any atom is -0.497 e. The van der Waals surface area contributed by atoms with E-state index in [0.29, 0.717) is 12.1 Å². The third-order valence-corrected chi connectivity index (χ3v) is 4.91. The lowest BCUT2D eigenvalue weighted by Crippen LogP contribution is -2.25. The normalized spacial score (nSPS) is 11.0. The smallest absolute Gasteiger partial charge is 0.328 e. The molecule has 154 valence electrons. The molecule has 0 saturated carbocycles. The topological polar surface area (TPSA) is 36.2 Å². The molecule has 2 aromatic carbocycles. The minimum atomic E-state index is -0.638. The number of hydrogen-bond acceptors (Lipinski definition) is 2. The summed E-state index contributed by atoms with van der Waals surface area (Å²) in [7, 11) is 1.64. The maximum absolute atomic E-state index is 13.5. The first-order chi connectivity index (χ1) is 14.0. The molecule has 0 N–H and O–H groups in total. The predicted octanol–water partition coefficient (Wildman–Crippen LogP) is 4.57. The molecule has 0 spiro atoms. The first-order valence-electron chi connectivity index (χ1n) is 9.87. The highest BCUT2D eigenvalue weighted by molar-refractivity contribution is 5.27. The van der Waals surface area contributed by atoms with Crippen LogP contribution in [0.2, 0.25) is 0 Å². The molecule has 0 radical (unpaired) electrons. The molecule has 3 rings (SSSR count). The van der Waals surface area contributed by atoms with Crippen molar-refractivity contribution in [3.8, 4) is 5.75 Å². The van der Waals surface area contributed by atoms with E-state index in [0.717, 1.165) is 43.2 Å². The monoisotopic (exact) mass is 400 g/mol. The van der Waals surface area contributed by atoms with Crippen molar-refractivity contribution in [2.24, 2.45) is 0 Å². The highest BCUT2D eigenvalue weighted by Crippen LogP contribution is 2.15. The van der Waals surface area contributed by atoms with Crippen molar-refractivity contribution >= 4 is 0 Å².